The van der Waals surface area contributed by atoms with E-state index < -0.39 is 23.7 Å². The number of para-hydroxylation sites is 1. The van der Waals surface area contributed by atoms with Gasteiger partial charge in [0.2, 0.25) is 0 Å². The number of anilines is 1. The molecule has 0 radical (unpaired) electrons. The zero-order chi connectivity index (χ0) is 18.6. The Kier molecular flexibility index (Phi) is 8.50. The fraction of sp³-hybridized carbons (Fsp3) is 0.300. The average molecular weight is 379 g/mol. The van der Waals surface area contributed by atoms with Gasteiger partial charge in [0.15, 0.2) is 0 Å². The van der Waals surface area contributed by atoms with Gasteiger partial charge < -0.3 is 14.6 Å². The molecule has 1 amide bonds. The number of carboxylic acids is 1. The van der Waals surface area contributed by atoms with Gasteiger partial charge in [0, 0.05) is 5.56 Å². The minimum absolute atomic E-state index is 0. The molecule has 0 saturated heterocycles. The molecule has 0 N–H and O–H groups in total. The van der Waals surface area contributed by atoms with Gasteiger partial charge in [-0.15, -0.1) is 0 Å². The van der Waals surface area contributed by atoms with Crippen molar-refractivity contribution in [2.45, 2.75) is 39.3 Å². The number of carboxylic acid groups (broad SMARTS) is 1. The molecule has 2 aromatic rings. The predicted molar refractivity (Wildman–Crippen MR) is 95.1 cm³/mol. The second-order valence-electron chi connectivity index (χ2n) is 6.73. The van der Waals surface area contributed by atoms with Crippen molar-refractivity contribution >= 4 is 17.7 Å². The minimum Gasteiger partial charge on any atom is -0.548 e. The monoisotopic (exact) mass is 379 g/mol. The molecular formula is C20H22KNO4. The Morgan fingerprint density at radius 1 is 1.00 bits per heavy atom. The molecule has 2 aromatic carbocycles. The molecule has 0 unspecified atom stereocenters. The van der Waals surface area contributed by atoms with Crippen LogP contribution in [-0.2, 0) is 9.53 Å². The van der Waals surface area contributed by atoms with Gasteiger partial charge >= 0.3 is 57.5 Å². The number of rotatable bonds is 4. The van der Waals surface area contributed by atoms with Crippen molar-refractivity contribution in [3.63, 3.8) is 0 Å². The standard InChI is InChI=1S/C20H23NO4.K/c1-14(18(22)23)21(19(24)25-20(2,3)4)17-13-9-8-12-16(17)15-10-6-5-7-11-15;/h5-14H,1-4H3,(H,22,23);/q;+1/p-1/t14-;/m0./s1. The van der Waals surface area contributed by atoms with Gasteiger partial charge in [0.1, 0.15) is 5.60 Å². The fourth-order valence-corrected chi connectivity index (χ4v) is 2.43. The summed E-state index contributed by atoms with van der Waals surface area (Å²) in [7, 11) is 0. The smallest absolute Gasteiger partial charge is 0.548 e. The SMILES string of the molecule is C[C@@H](C(=O)[O-])N(C(=O)OC(C)(C)C)c1ccccc1-c1ccccc1.[K+]. The molecule has 0 saturated carbocycles. The summed E-state index contributed by atoms with van der Waals surface area (Å²) in [5.74, 6) is -1.35. The maximum atomic E-state index is 12.7. The number of nitrogens with zero attached hydrogens (tertiary/aromatic N) is 1. The quantitative estimate of drug-likeness (QED) is 0.714. The van der Waals surface area contributed by atoms with Crippen molar-refractivity contribution in [1.29, 1.82) is 0 Å². The molecule has 132 valence electrons. The van der Waals surface area contributed by atoms with Gasteiger partial charge in [-0.25, -0.2) is 4.79 Å². The van der Waals surface area contributed by atoms with E-state index in [2.05, 4.69) is 0 Å². The topological polar surface area (TPSA) is 69.7 Å². The summed E-state index contributed by atoms with van der Waals surface area (Å²) >= 11 is 0. The Balaban J connectivity index is 0.00000338. The summed E-state index contributed by atoms with van der Waals surface area (Å²) in [5, 5.41) is 11.5. The third-order valence-corrected chi connectivity index (χ3v) is 3.57. The summed E-state index contributed by atoms with van der Waals surface area (Å²) in [6, 6.07) is 15.4. The van der Waals surface area contributed by atoms with Gasteiger partial charge in [-0.1, -0.05) is 48.5 Å². The zero-order valence-corrected chi connectivity index (χ0v) is 19.0. The molecule has 5 nitrogen and oxygen atoms in total. The molecule has 0 aliphatic rings. The predicted octanol–water partition coefficient (Wildman–Crippen LogP) is 0.238. The average Bonchev–Trinajstić information content (AvgIpc) is 2.54. The second-order valence-corrected chi connectivity index (χ2v) is 6.73. The molecule has 26 heavy (non-hydrogen) atoms. The van der Waals surface area contributed by atoms with E-state index in [9.17, 15) is 14.7 Å². The summed E-state index contributed by atoms with van der Waals surface area (Å²) < 4.78 is 5.41. The number of amides is 1. The number of hydrogen-bond acceptors (Lipinski definition) is 4. The number of carbonyl (C=O) groups is 2. The van der Waals surface area contributed by atoms with E-state index in [0.29, 0.717) is 5.69 Å². The van der Waals surface area contributed by atoms with Gasteiger partial charge in [-0.05, 0) is 39.3 Å². The Bertz CT molecular complexity index is 756. The molecule has 0 aromatic heterocycles. The number of carbonyl (C=O) groups excluding carboxylic acids is 2. The van der Waals surface area contributed by atoms with Gasteiger partial charge in [-0.2, -0.15) is 0 Å². The van der Waals surface area contributed by atoms with Crippen molar-refractivity contribution in [1.82, 2.24) is 0 Å². The van der Waals surface area contributed by atoms with E-state index in [1.807, 2.05) is 42.5 Å². The third-order valence-electron chi connectivity index (χ3n) is 3.57. The first-order valence-electron chi connectivity index (χ1n) is 8.08. The molecule has 0 bridgehead atoms. The molecule has 0 spiro atoms. The normalized spacial score (nSPS) is 11.8. The zero-order valence-electron chi connectivity index (χ0n) is 15.9. The van der Waals surface area contributed by atoms with E-state index in [0.717, 1.165) is 16.0 Å². The van der Waals surface area contributed by atoms with Crippen LogP contribution in [0.15, 0.2) is 54.6 Å². The minimum atomic E-state index is -1.35. The maximum Gasteiger partial charge on any atom is 1.00 e. The van der Waals surface area contributed by atoms with E-state index in [1.165, 1.54) is 6.92 Å². The van der Waals surface area contributed by atoms with Crippen LogP contribution in [-0.4, -0.2) is 23.7 Å². The molecule has 0 aliphatic carbocycles. The van der Waals surface area contributed by atoms with Crippen LogP contribution in [0, 0.1) is 0 Å². The third kappa shape index (κ3) is 5.92. The number of ether oxygens (including phenoxy) is 1. The van der Waals surface area contributed by atoms with Crippen LogP contribution in [0.25, 0.3) is 11.1 Å². The summed E-state index contributed by atoms with van der Waals surface area (Å²) in [5.41, 5.74) is 1.32. The van der Waals surface area contributed by atoms with E-state index in [-0.39, 0.29) is 51.4 Å². The first-order chi connectivity index (χ1) is 11.7. The summed E-state index contributed by atoms with van der Waals surface area (Å²) in [4.78, 5) is 25.3. The van der Waals surface area contributed by atoms with Crippen LogP contribution in [0.1, 0.15) is 27.7 Å². The Morgan fingerprint density at radius 3 is 2.08 bits per heavy atom. The number of hydrogen-bond donors (Lipinski definition) is 0. The van der Waals surface area contributed by atoms with Crippen LogP contribution >= 0.6 is 0 Å². The van der Waals surface area contributed by atoms with Crippen LogP contribution in [0.3, 0.4) is 0 Å². The Hall–Kier alpha value is -1.18. The van der Waals surface area contributed by atoms with Crippen molar-refractivity contribution in [2.75, 3.05) is 4.90 Å². The van der Waals surface area contributed by atoms with Gasteiger partial charge in [0.25, 0.3) is 0 Å². The Morgan fingerprint density at radius 2 is 1.54 bits per heavy atom. The molecule has 0 heterocycles. The van der Waals surface area contributed by atoms with Crippen LogP contribution in [0.2, 0.25) is 0 Å². The first kappa shape index (κ1) is 22.9. The number of benzene rings is 2. The van der Waals surface area contributed by atoms with E-state index in [1.54, 1.807) is 32.9 Å². The van der Waals surface area contributed by atoms with Crippen molar-refractivity contribution in [3.05, 3.63) is 54.6 Å². The first-order valence-corrected chi connectivity index (χ1v) is 8.08. The van der Waals surface area contributed by atoms with Crippen molar-refractivity contribution in [3.8, 4) is 11.1 Å². The summed E-state index contributed by atoms with van der Waals surface area (Å²) in [6.45, 7) is 6.60. The van der Waals surface area contributed by atoms with E-state index in [4.69, 9.17) is 4.74 Å². The van der Waals surface area contributed by atoms with Crippen LogP contribution in [0.4, 0.5) is 10.5 Å². The molecule has 0 aliphatic heterocycles. The van der Waals surface area contributed by atoms with Crippen LogP contribution in [0.5, 0.6) is 0 Å². The van der Waals surface area contributed by atoms with Gasteiger partial charge in [-0.3, -0.25) is 4.90 Å². The molecule has 6 heteroatoms. The second kappa shape index (κ2) is 9.67. The molecule has 0 fully saturated rings. The molecule has 1 atom stereocenters. The molecule has 2 rings (SSSR count). The van der Waals surface area contributed by atoms with Gasteiger partial charge in [0.05, 0.1) is 17.7 Å². The largest absolute Gasteiger partial charge is 1.00 e. The van der Waals surface area contributed by atoms with Crippen molar-refractivity contribution < 1.29 is 70.8 Å². The van der Waals surface area contributed by atoms with E-state index >= 15 is 0 Å². The molecular weight excluding hydrogens is 357 g/mol. The maximum absolute atomic E-state index is 12.7. The number of aliphatic carboxylic acids is 1. The Labute approximate surface area is 196 Å². The van der Waals surface area contributed by atoms with Crippen LogP contribution < -0.4 is 61.4 Å². The summed E-state index contributed by atoms with van der Waals surface area (Å²) in [6.07, 6.45) is -0.729. The fourth-order valence-electron chi connectivity index (χ4n) is 2.43. The van der Waals surface area contributed by atoms with Crippen molar-refractivity contribution in [2.24, 2.45) is 0 Å².